The highest BCUT2D eigenvalue weighted by molar-refractivity contribution is 9.09. The molecule has 1 unspecified atom stereocenters. The van der Waals surface area contributed by atoms with Crippen molar-refractivity contribution in [1.29, 1.82) is 0 Å². The van der Waals surface area contributed by atoms with Crippen molar-refractivity contribution in [1.82, 2.24) is 0 Å². The van der Waals surface area contributed by atoms with Gasteiger partial charge >= 0.3 is 0 Å². The summed E-state index contributed by atoms with van der Waals surface area (Å²) in [7, 11) is 0. The number of hydrogen-bond donors (Lipinski definition) is 0. The van der Waals surface area contributed by atoms with Crippen LogP contribution in [0.1, 0.15) is 48.9 Å². The lowest BCUT2D eigenvalue weighted by atomic mass is 9.48. The molecule has 19 heavy (non-hydrogen) atoms. The fourth-order valence-corrected chi connectivity index (χ4v) is 6.34. The van der Waals surface area contributed by atoms with Crippen molar-refractivity contribution in [3.05, 3.63) is 35.6 Å². The van der Waals surface area contributed by atoms with Crippen LogP contribution in [0.5, 0.6) is 0 Å². The molecular weight excluding hydrogens is 303 g/mol. The molecule has 1 aromatic rings. The maximum atomic E-state index is 13.1. The standard InChI is InChI=1S/C17H20BrF/c18-16(14-1-3-15(19)4-2-14)17-8-11-5-12(9-17)7-13(6-11)10-17/h1-4,11-13,16H,5-10H2. The van der Waals surface area contributed by atoms with E-state index in [4.69, 9.17) is 0 Å². The van der Waals surface area contributed by atoms with Gasteiger partial charge in [0.25, 0.3) is 0 Å². The van der Waals surface area contributed by atoms with Crippen LogP contribution in [0.3, 0.4) is 0 Å². The van der Waals surface area contributed by atoms with Crippen molar-refractivity contribution < 1.29 is 4.39 Å². The van der Waals surface area contributed by atoms with Gasteiger partial charge in [-0.25, -0.2) is 4.39 Å². The third-order valence-electron chi connectivity index (χ3n) is 5.79. The predicted molar refractivity (Wildman–Crippen MR) is 78.7 cm³/mol. The molecule has 4 saturated carbocycles. The van der Waals surface area contributed by atoms with Crippen LogP contribution in [-0.4, -0.2) is 0 Å². The molecule has 1 atom stereocenters. The van der Waals surface area contributed by atoms with Gasteiger partial charge in [-0.15, -0.1) is 0 Å². The molecule has 102 valence electrons. The summed E-state index contributed by atoms with van der Waals surface area (Å²) >= 11 is 3.98. The third kappa shape index (κ3) is 1.98. The largest absolute Gasteiger partial charge is 0.207 e. The number of alkyl halides is 1. The van der Waals surface area contributed by atoms with Crippen molar-refractivity contribution in [2.45, 2.75) is 43.4 Å². The topological polar surface area (TPSA) is 0 Å². The van der Waals surface area contributed by atoms with Gasteiger partial charge in [-0.1, -0.05) is 28.1 Å². The summed E-state index contributed by atoms with van der Waals surface area (Å²) in [4.78, 5) is 0.411. The minimum atomic E-state index is -0.131. The lowest BCUT2D eigenvalue weighted by Gasteiger charge is -2.58. The van der Waals surface area contributed by atoms with Crippen molar-refractivity contribution in [2.75, 3.05) is 0 Å². The summed E-state index contributed by atoms with van der Waals surface area (Å²) in [6.07, 6.45) is 8.57. The van der Waals surface area contributed by atoms with Crippen molar-refractivity contribution in [2.24, 2.45) is 23.2 Å². The second-order valence-electron chi connectivity index (χ2n) is 7.19. The summed E-state index contributed by atoms with van der Waals surface area (Å²) in [5.74, 6) is 2.76. The number of rotatable bonds is 2. The molecule has 0 N–H and O–H groups in total. The highest BCUT2D eigenvalue weighted by atomic mass is 79.9. The highest BCUT2D eigenvalue weighted by Crippen LogP contribution is 2.65. The van der Waals surface area contributed by atoms with Crippen molar-refractivity contribution >= 4 is 15.9 Å². The molecule has 0 aliphatic heterocycles. The van der Waals surface area contributed by atoms with Crippen LogP contribution >= 0.6 is 15.9 Å². The van der Waals surface area contributed by atoms with Crippen LogP contribution in [-0.2, 0) is 0 Å². The fraction of sp³-hybridized carbons (Fsp3) is 0.647. The zero-order valence-corrected chi connectivity index (χ0v) is 12.7. The highest BCUT2D eigenvalue weighted by Gasteiger charge is 2.53. The van der Waals surface area contributed by atoms with Gasteiger partial charge in [-0.05, 0) is 79.4 Å². The average molecular weight is 323 g/mol. The smallest absolute Gasteiger partial charge is 0.123 e. The molecule has 0 amide bonds. The molecule has 4 aliphatic carbocycles. The van der Waals surface area contributed by atoms with E-state index >= 15 is 0 Å². The Morgan fingerprint density at radius 1 is 0.947 bits per heavy atom. The van der Waals surface area contributed by atoms with E-state index < -0.39 is 0 Å². The van der Waals surface area contributed by atoms with Crippen LogP contribution in [0, 0.1) is 29.0 Å². The summed E-state index contributed by atoms with van der Waals surface area (Å²) in [5, 5.41) is 0. The first-order chi connectivity index (χ1) is 9.14. The minimum absolute atomic E-state index is 0.131. The number of hydrogen-bond acceptors (Lipinski definition) is 0. The lowest BCUT2D eigenvalue weighted by Crippen LogP contribution is -2.47. The monoisotopic (exact) mass is 322 g/mol. The van der Waals surface area contributed by atoms with Crippen LogP contribution in [0.2, 0.25) is 0 Å². The predicted octanol–water partition coefficient (Wildman–Crippen LogP) is 5.48. The third-order valence-corrected chi connectivity index (χ3v) is 7.29. The van der Waals surface area contributed by atoms with Gasteiger partial charge in [0.05, 0.1) is 0 Å². The molecule has 0 radical (unpaired) electrons. The Morgan fingerprint density at radius 3 is 1.89 bits per heavy atom. The zero-order chi connectivity index (χ0) is 13.0. The SMILES string of the molecule is Fc1ccc(C(Br)C23CC4CC(CC(C4)C2)C3)cc1. The number of halogens is 2. The quantitative estimate of drug-likeness (QED) is 0.632. The molecule has 0 aromatic heterocycles. The van der Waals surface area contributed by atoms with Gasteiger partial charge in [0.1, 0.15) is 5.82 Å². The molecule has 4 aliphatic rings. The Hall–Kier alpha value is -0.370. The Labute approximate surface area is 122 Å². The normalized spacial score (nSPS) is 41.5. The van der Waals surface area contributed by atoms with E-state index in [9.17, 15) is 4.39 Å². The zero-order valence-electron chi connectivity index (χ0n) is 11.1. The van der Waals surface area contributed by atoms with Crippen molar-refractivity contribution in [3.63, 3.8) is 0 Å². The molecule has 4 fully saturated rings. The summed E-state index contributed by atoms with van der Waals surface area (Å²) < 4.78 is 13.1. The van der Waals surface area contributed by atoms with E-state index in [1.54, 1.807) is 12.1 Å². The first-order valence-corrected chi connectivity index (χ1v) is 8.46. The maximum absolute atomic E-state index is 13.1. The molecule has 1 aromatic carbocycles. The first-order valence-electron chi connectivity index (χ1n) is 7.54. The van der Waals surface area contributed by atoms with Gasteiger partial charge in [-0.2, -0.15) is 0 Å². The summed E-state index contributed by atoms with van der Waals surface area (Å²) in [5.41, 5.74) is 1.72. The molecule has 0 heterocycles. The second kappa shape index (κ2) is 4.31. The van der Waals surface area contributed by atoms with Crippen LogP contribution in [0.25, 0.3) is 0 Å². The second-order valence-corrected chi connectivity index (χ2v) is 8.11. The molecule has 0 saturated heterocycles. The Kier molecular flexibility index (Phi) is 2.81. The van der Waals surface area contributed by atoms with Crippen molar-refractivity contribution in [3.8, 4) is 0 Å². The van der Waals surface area contributed by atoms with Crippen LogP contribution < -0.4 is 0 Å². The van der Waals surface area contributed by atoms with E-state index in [1.807, 2.05) is 12.1 Å². The molecule has 2 heteroatoms. The number of benzene rings is 1. The first kappa shape index (κ1) is 12.4. The van der Waals surface area contributed by atoms with Gasteiger partial charge in [0.15, 0.2) is 0 Å². The molecule has 0 nitrogen and oxygen atoms in total. The van der Waals surface area contributed by atoms with Crippen LogP contribution in [0.4, 0.5) is 4.39 Å². The Balaban J connectivity index is 1.65. The van der Waals surface area contributed by atoms with Gasteiger partial charge < -0.3 is 0 Å². The molecule has 0 spiro atoms. The average Bonchev–Trinajstić information content (AvgIpc) is 2.37. The minimum Gasteiger partial charge on any atom is -0.207 e. The summed E-state index contributed by atoms with van der Waals surface area (Å²) in [6.45, 7) is 0. The fourth-order valence-electron chi connectivity index (χ4n) is 5.47. The maximum Gasteiger partial charge on any atom is 0.123 e. The van der Waals surface area contributed by atoms with Gasteiger partial charge in [-0.3, -0.25) is 0 Å². The Morgan fingerprint density at radius 2 is 1.42 bits per heavy atom. The summed E-state index contributed by atoms with van der Waals surface area (Å²) in [6, 6.07) is 7.13. The van der Waals surface area contributed by atoms with E-state index in [0.29, 0.717) is 10.2 Å². The van der Waals surface area contributed by atoms with E-state index in [2.05, 4.69) is 15.9 Å². The van der Waals surface area contributed by atoms with E-state index in [1.165, 1.54) is 44.1 Å². The van der Waals surface area contributed by atoms with E-state index in [-0.39, 0.29) is 5.82 Å². The molecular formula is C17H20BrF. The molecule has 5 rings (SSSR count). The molecule has 4 bridgehead atoms. The lowest BCUT2D eigenvalue weighted by molar-refractivity contribution is -0.0528. The van der Waals surface area contributed by atoms with Gasteiger partial charge in [0, 0.05) is 4.83 Å². The Bertz CT molecular complexity index is 443. The van der Waals surface area contributed by atoms with Gasteiger partial charge in [0.2, 0.25) is 0 Å². The van der Waals surface area contributed by atoms with Crippen LogP contribution in [0.15, 0.2) is 24.3 Å². The van der Waals surface area contributed by atoms with E-state index in [0.717, 1.165) is 17.8 Å².